The molecule has 3 heterocycles. The zero-order chi connectivity index (χ0) is 19.7. The summed E-state index contributed by atoms with van der Waals surface area (Å²) in [6, 6.07) is 9.58. The highest BCUT2D eigenvalue weighted by molar-refractivity contribution is 7.14. The molecule has 1 amide bonds. The van der Waals surface area contributed by atoms with Crippen LogP contribution in [0.25, 0.3) is 16.9 Å². The molecule has 140 valence electrons. The van der Waals surface area contributed by atoms with E-state index in [1.807, 2.05) is 0 Å². The number of rotatable bonds is 4. The number of anilines is 1. The van der Waals surface area contributed by atoms with Crippen molar-refractivity contribution in [1.82, 2.24) is 14.4 Å². The number of halogens is 1. The Labute approximate surface area is 162 Å². The summed E-state index contributed by atoms with van der Waals surface area (Å²) in [5.74, 6) is -0.983. The number of carbonyl (C=O) groups is 1. The SMILES string of the molecule is COc1ccc(-c2csc(NC(=O)c3cnc4ccccn4c3=O)n2)cc1F. The van der Waals surface area contributed by atoms with E-state index in [2.05, 4.69) is 15.3 Å². The van der Waals surface area contributed by atoms with Gasteiger partial charge in [-0.05, 0) is 30.3 Å². The van der Waals surface area contributed by atoms with E-state index in [0.717, 1.165) is 0 Å². The molecule has 0 spiro atoms. The van der Waals surface area contributed by atoms with Crippen LogP contribution in [0, 0.1) is 5.82 Å². The molecule has 4 aromatic rings. The third-order valence-electron chi connectivity index (χ3n) is 4.03. The van der Waals surface area contributed by atoms with Gasteiger partial charge < -0.3 is 4.74 Å². The molecular formula is C19H13FN4O3S. The van der Waals surface area contributed by atoms with Crippen molar-refractivity contribution in [3.05, 3.63) is 75.9 Å². The summed E-state index contributed by atoms with van der Waals surface area (Å²) < 4.78 is 20.1. The molecule has 1 N–H and O–H groups in total. The molecule has 0 bridgehead atoms. The van der Waals surface area contributed by atoms with Crippen LogP contribution in [-0.2, 0) is 0 Å². The summed E-state index contributed by atoms with van der Waals surface area (Å²) in [5, 5.41) is 4.56. The zero-order valence-electron chi connectivity index (χ0n) is 14.5. The molecule has 0 fully saturated rings. The number of amides is 1. The largest absolute Gasteiger partial charge is 0.494 e. The highest BCUT2D eigenvalue weighted by Gasteiger charge is 2.16. The van der Waals surface area contributed by atoms with E-state index in [0.29, 0.717) is 16.9 Å². The Morgan fingerprint density at radius 2 is 2.14 bits per heavy atom. The summed E-state index contributed by atoms with van der Waals surface area (Å²) in [6.07, 6.45) is 2.78. The van der Waals surface area contributed by atoms with E-state index in [4.69, 9.17) is 4.74 Å². The van der Waals surface area contributed by atoms with Crippen LogP contribution < -0.4 is 15.6 Å². The quantitative estimate of drug-likeness (QED) is 0.573. The highest BCUT2D eigenvalue weighted by atomic mass is 32.1. The number of thiazole rings is 1. The first-order chi connectivity index (χ1) is 13.6. The lowest BCUT2D eigenvalue weighted by Gasteiger charge is -2.04. The van der Waals surface area contributed by atoms with Crippen LogP contribution in [0.5, 0.6) is 5.75 Å². The average Bonchev–Trinajstić information content (AvgIpc) is 3.16. The molecule has 0 aliphatic heterocycles. The van der Waals surface area contributed by atoms with Crippen molar-refractivity contribution in [2.75, 3.05) is 12.4 Å². The van der Waals surface area contributed by atoms with E-state index >= 15 is 0 Å². The highest BCUT2D eigenvalue weighted by Crippen LogP contribution is 2.28. The molecule has 9 heteroatoms. The molecule has 28 heavy (non-hydrogen) atoms. The first-order valence-corrected chi connectivity index (χ1v) is 9.02. The summed E-state index contributed by atoms with van der Waals surface area (Å²) >= 11 is 1.17. The van der Waals surface area contributed by atoms with E-state index in [1.165, 1.54) is 41.2 Å². The van der Waals surface area contributed by atoms with Crippen LogP contribution >= 0.6 is 11.3 Å². The first kappa shape index (κ1) is 17.8. The Balaban J connectivity index is 1.59. The van der Waals surface area contributed by atoms with E-state index in [9.17, 15) is 14.0 Å². The third-order valence-corrected chi connectivity index (χ3v) is 4.79. The number of ether oxygens (including phenoxy) is 1. The Bertz CT molecular complexity index is 1250. The van der Waals surface area contributed by atoms with Crippen molar-refractivity contribution in [3.8, 4) is 17.0 Å². The zero-order valence-corrected chi connectivity index (χ0v) is 15.4. The normalized spacial score (nSPS) is 10.8. The monoisotopic (exact) mass is 396 g/mol. The van der Waals surface area contributed by atoms with Gasteiger partial charge in [-0.2, -0.15) is 0 Å². The molecule has 0 unspecified atom stereocenters. The van der Waals surface area contributed by atoms with Crippen molar-refractivity contribution in [3.63, 3.8) is 0 Å². The number of hydrogen-bond donors (Lipinski definition) is 1. The van der Waals surface area contributed by atoms with Gasteiger partial charge in [0.25, 0.3) is 11.5 Å². The first-order valence-electron chi connectivity index (χ1n) is 8.14. The maximum absolute atomic E-state index is 13.9. The Kier molecular flexibility index (Phi) is 4.58. The Hall–Kier alpha value is -3.59. The molecule has 0 atom stereocenters. The third kappa shape index (κ3) is 3.23. The van der Waals surface area contributed by atoms with Crippen molar-refractivity contribution in [1.29, 1.82) is 0 Å². The molecule has 7 nitrogen and oxygen atoms in total. The van der Waals surface area contributed by atoms with Crippen LogP contribution in [0.1, 0.15) is 10.4 Å². The minimum Gasteiger partial charge on any atom is -0.494 e. The van der Waals surface area contributed by atoms with Gasteiger partial charge in [0, 0.05) is 23.3 Å². The molecule has 0 saturated carbocycles. The van der Waals surface area contributed by atoms with E-state index < -0.39 is 17.3 Å². The van der Waals surface area contributed by atoms with Gasteiger partial charge in [-0.25, -0.2) is 14.4 Å². The van der Waals surface area contributed by atoms with Gasteiger partial charge in [-0.3, -0.25) is 19.3 Å². The number of pyridine rings is 1. The minimum atomic E-state index is -0.613. The standard InChI is InChI=1S/C19H13FN4O3S/c1-27-15-6-5-11(8-13(15)20)14-10-28-19(22-14)23-17(25)12-9-21-16-4-2-3-7-24(16)18(12)26/h2-10H,1H3,(H,22,23,25). The lowest BCUT2D eigenvalue weighted by Crippen LogP contribution is -2.26. The number of carbonyl (C=O) groups excluding carboxylic acids is 1. The second-order valence-electron chi connectivity index (χ2n) is 5.75. The summed E-state index contributed by atoms with van der Waals surface area (Å²) in [5.41, 5.74) is 0.910. The second kappa shape index (κ2) is 7.20. The van der Waals surface area contributed by atoms with Gasteiger partial charge in [0.05, 0.1) is 12.8 Å². The number of methoxy groups -OCH3 is 1. The lowest BCUT2D eigenvalue weighted by molar-refractivity contribution is 0.102. The summed E-state index contributed by atoms with van der Waals surface area (Å²) in [7, 11) is 1.39. The van der Waals surface area contributed by atoms with Crippen LogP contribution in [0.3, 0.4) is 0 Å². The summed E-state index contributed by atoms with van der Waals surface area (Å²) in [4.78, 5) is 33.4. The molecule has 0 radical (unpaired) electrons. The van der Waals surface area contributed by atoms with E-state index in [-0.39, 0.29) is 16.4 Å². The molecule has 0 saturated heterocycles. The van der Waals surface area contributed by atoms with Crippen LogP contribution in [-0.4, -0.2) is 27.4 Å². The van der Waals surface area contributed by atoms with Gasteiger partial charge in [0.15, 0.2) is 16.7 Å². The van der Waals surface area contributed by atoms with Crippen molar-refractivity contribution in [2.45, 2.75) is 0 Å². The van der Waals surface area contributed by atoms with Gasteiger partial charge in [-0.15, -0.1) is 11.3 Å². The van der Waals surface area contributed by atoms with Crippen LogP contribution in [0.2, 0.25) is 0 Å². The van der Waals surface area contributed by atoms with Crippen LogP contribution in [0.15, 0.2) is 59.0 Å². The van der Waals surface area contributed by atoms with Gasteiger partial charge in [0.2, 0.25) is 0 Å². The van der Waals surface area contributed by atoms with E-state index in [1.54, 1.807) is 35.8 Å². The molecule has 0 aliphatic carbocycles. The number of fused-ring (bicyclic) bond motifs is 1. The lowest BCUT2D eigenvalue weighted by atomic mass is 10.1. The number of benzene rings is 1. The van der Waals surface area contributed by atoms with Crippen LogP contribution in [0.4, 0.5) is 9.52 Å². The van der Waals surface area contributed by atoms with Gasteiger partial charge in [-0.1, -0.05) is 6.07 Å². The number of aromatic nitrogens is 3. The summed E-state index contributed by atoms with van der Waals surface area (Å²) in [6.45, 7) is 0. The number of nitrogens with zero attached hydrogens (tertiary/aromatic N) is 3. The Morgan fingerprint density at radius 3 is 2.93 bits per heavy atom. The van der Waals surface area contributed by atoms with Gasteiger partial charge in [0.1, 0.15) is 11.2 Å². The molecule has 0 aliphatic rings. The topological polar surface area (TPSA) is 85.6 Å². The van der Waals surface area contributed by atoms with Gasteiger partial charge >= 0.3 is 0 Å². The van der Waals surface area contributed by atoms with Crippen molar-refractivity contribution < 1.29 is 13.9 Å². The fraction of sp³-hybridized carbons (Fsp3) is 0.0526. The maximum Gasteiger partial charge on any atom is 0.270 e. The predicted molar refractivity (Wildman–Crippen MR) is 103 cm³/mol. The minimum absolute atomic E-state index is 0.101. The Morgan fingerprint density at radius 1 is 1.29 bits per heavy atom. The molecule has 3 aromatic heterocycles. The van der Waals surface area contributed by atoms with Crippen molar-refractivity contribution >= 4 is 28.0 Å². The number of nitrogens with one attached hydrogen (secondary N) is 1. The molecule has 4 rings (SSSR count). The predicted octanol–water partition coefficient (Wildman–Crippen LogP) is 3.22. The second-order valence-corrected chi connectivity index (χ2v) is 6.61. The molecule has 1 aromatic carbocycles. The number of hydrogen-bond acceptors (Lipinski definition) is 6. The maximum atomic E-state index is 13.9. The fourth-order valence-electron chi connectivity index (χ4n) is 2.64. The fourth-order valence-corrected chi connectivity index (χ4v) is 3.35. The molecular weight excluding hydrogens is 383 g/mol. The average molecular weight is 396 g/mol. The smallest absolute Gasteiger partial charge is 0.270 e. The van der Waals surface area contributed by atoms with Crippen molar-refractivity contribution in [2.24, 2.45) is 0 Å².